The quantitative estimate of drug-likeness (QED) is 0.409. The highest BCUT2D eigenvalue weighted by atomic mass is 32.2. The second kappa shape index (κ2) is 12.0. The van der Waals surface area contributed by atoms with Crippen molar-refractivity contribution in [1.82, 2.24) is 14.9 Å². The van der Waals surface area contributed by atoms with Gasteiger partial charge in [0.2, 0.25) is 10.0 Å². The van der Waals surface area contributed by atoms with E-state index in [-0.39, 0.29) is 18.0 Å². The van der Waals surface area contributed by atoms with Gasteiger partial charge in [-0.1, -0.05) is 30.3 Å². The van der Waals surface area contributed by atoms with Crippen LogP contribution in [-0.2, 0) is 30.8 Å². The summed E-state index contributed by atoms with van der Waals surface area (Å²) in [5, 5.41) is 5.08. The van der Waals surface area contributed by atoms with Crippen molar-refractivity contribution >= 4 is 21.8 Å². The predicted octanol–water partition coefficient (Wildman–Crippen LogP) is 1.61. The zero-order valence-electron chi connectivity index (χ0n) is 19.5. The molecule has 1 fully saturated rings. The van der Waals surface area contributed by atoms with Gasteiger partial charge in [0.25, 0.3) is 0 Å². The largest absolute Gasteiger partial charge is 0.496 e. The Hall–Kier alpha value is -2.95. The predicted molar refractivity (Wildman–Crippen MR) is 127 cm³/mol. The Kier molecular flexibility index (Phi) is 9.03. The molecule has 0 aliphatic carbocycles. The number of hydrogen-bond acceptors (Lipinski definition) is 6. The molecule has 10 heteroatoms. The van der Waals surface area contributed by atoms with Gasteiger partial charge < -0.3 is 20.1 Å². The summed E-state index contributed by atoms with van der Waals surface area (Å²) in [4.78, 5) is 24.5. The lowest BCUT2D eigenvalue weighted by Gasteiger charge is -2.34. The van der Waals surface area contributed by atoms with E-state index < -0.39 is 28.1 Å². The summed E-state index contributed by atoms with van der Waals surface area (Å²) < 4.78 is 38.5. The van der Waals surface area contributed by atoms with Gasteiger partial charge in [-0.2, -0.15) is 4.31 Å². The fraction of sp³-hybridized carbons (Fsp3) is 0.417. The summed E-state index contributed by atoms with van der Waals surface area (Å²) in [7, 11) is -2.35. The van der Waals surface area contributed by atoms with Crippen molar-refractivity contribution in [3.05, 3.63) is 59.7 Å². The third-order valence-electron chi connectivity index (χ3n) is 5.54. The summed E-state index contributed by atoms with van der Waals surface area (Å²) >= 11 is 0. The first-order valence-corrected chi connectivity index (χ1v) is 12.6. The van der Waals surface area contributed by atoms with Gasteiger partial charge in [0.05, 0.1) is 25.2 Å². The molecule has 0 bridgehead atoms. The van der Waals surface area contributed by atoms with Gasteiger partial charge in [-0.15, -0.1) is 0 Å². The van der Waals surface area contributed by atoms with Gasteiger partial charge in [0.15, 0.2) is 0 Å². The van der Waals surface area contributed by atoms with E-state index in [9.17, 15) is 18.0 Å². The van der Waals surface area contributed by atoms with E-state index in [4.69, 9.17) is 9.47 Å². The van der Waals surface area contributed by atoms with Gasteiger partial charge in [0.1, 0.15) is 12.0 Å². The number of aryl methyl sites for hydroxylation is 2. The second-order valence-electron chi connectivity index (χ2n) is 7.98. The van der Waals surface area contributed by atoms with Crippen LogP contribution in [0, 0.1) is 6.92 Å². The van der Waals surface area contributed by atoms with Crippen LogP contribution in [0.5, 0.6) is 5.75 Å². The Bertz CT molecular complexity index is 1090. The molecule has 9 nitrogen and oxygen atoms in total. The van der Waals surface area contributed by atoms with Gasteiger partial charge >= 0.3 is 11.8 Å². The van der Waals surface area contributed by atoms with Gasteiger partial charge in [-0.3, -0.25) is 9.59 Å². The second-order valence-corrected chi connectivity index (χ2v) is 9.87. The van der Waals surface area contributed by atoms with E-state index in [2.05, 4.69) is 10.6 Å². The number of amides is 2. The number of nitrogens with one attached hydrogen (secondary N) is 2. The van der Waals surface area contributed by atoms with Crippen molar-refractivity contribution in [2.45, 2.75) is 37.3 Å². The first-order valence-electron chi connectivity index (χ1n) is 11.2. The molecule has 2 N–H and O–H groups in total. The van der Waals surface area contributed by atoms with Crippen molar-refractivity contribution in [2.75, 3.05) is 33.4 Å². The molecule has 1 heterocycles. The monoisotopic (exact) mass is 489 g/mol. The Morgan fingerprint density at radius 1 is 1.12 bits per heavy atom. The van der Waals surface area contributed by atoms with Crippen molar-refractivity contribution in [1.29, 1.82) is 0 Å². The van der Waals surface area contributed by atoms with Crippen LogP contribution < -0.4 is 15.4 Å². The highest BCUT2D eigenvalue weighted by molar-refractivity contribution is 7.89. The fourth-order valence-corrected chi connectivity index (χ4v) is 5.38. The van der Waals surface area contributed by atoms with E-state index in [1.54, 1.807) is 19.1 Å². The highest BCUT2D eigenvalue weighted by Gasteiger charge is 2.35. The maximum Gasteiger partial charge on any atom is 0.309 e. The lowest BCUT2D eigenvalue weighted by Crippen LogP contribution is -2.53. The van der Waals surface area contributed by atoms with Crippen molar-refractivity contribution in [3.8, 4) is 5.75 Å². The number of sulfonamides is 1. The number of rotatable bonds is 9. The first-order chi connectivity index (χ1) is 16.3. The number of carbonyl (C=O) groups excluding carboxylic acids is 2. The molecular weight excluding hydrogens is 458 g/mol. The molecule has 2 aromatic carbocycles. The van der Waals surface area contributed by atoms with Crippen LogP contribution in [0.4, 0.5) is 0 Å². The van der Waals surface area contributed by atoms with E-state index >= 15 is 0 Å². The number of benzene rings is 2. The lowest BCUT2D eigenvalue weighted by atomic mass is 10.1. The smallest absolute Gasteiger partial charge is 0.309 e. The third kappa shape index (κ3) is 6.55. The number of hydrogen-bond donors (Lipinski definition) is 2. The topological polar surface area (TPSA) is 114 Å². The van der Waals surface area contributed by atoms with Gasteiger partial charge in [-0.05, 0) is 55.5 Å². The standard InChI is InChI=1S/C24H31N3O6S/c1-18-16-20(11-12-21(18)32-2)34(30,31)27-14-7-15-33-22(27)17-26-24(29)23(28)25-13-6-10-19-8-4-3-5-9-19/h3-5,8-9,11-12,16,22H,6-7,10,13-15,17H2,1-2H3,(H,25,28)(H,26,29)/t22-/m1/s1. The Balaban J connectivity index is 1.53. The summed E-state index contributed by atoms with van der Waals surface area (Å²) in [5.41, 5.74) is 1.85. The average molecular weight is 490 g/mol. The molecule has 1 aliphatic rings. The molecule has 0 unspecified atom stereocenters. The minimum Gasteiger partial charge on any atom is -0.496 e. The van der Waals surface area contributed by atoms with Crippen LogP contribution in [0.3, 0.4) is 0 Å². The molecular formula is C24H31N3O6S. The van der Waals surface area contributed by atoms with Crippen LogP contribution in [0.25, 0.3) is 0 Å². The summed E-state index contributed by atoms with van der Waals surface area (Å²) in [6.45, 7) is 2.60. The third-order valence-corrected chi connectivity index (χ3v) is 7.43. The van der Waals surface area contributed by atoms with Crippen LogP contribution >= 0.6 is 0 Å². The molecule has 1 saturated heterocycles. The minimum absolute atomic E-state index is 0.115. The number of carbonyl (C=O) groups is 2. The molecule has 0 spiro atoms. The number of methoxy groups -OCH3 is 1. The Morgan fingerprint density at radius 3 is 2.56 bits per heavy atom. The highest BCUT2D eigenvalue weighted by Crippen LogP contribution is 2.26. The summed E-state index contributed by atoms with van der Waals surface area (Å²) in [6.07, 6.45) is 1.11. The zero-order chi connectivity index (χ0) is 24.6. The van der Waals surface area contributed by atoms with Crippen molar-refractivity contribution < 1.29 is 27.5 Å². The molecule has 0 saturated carbocycles. The molecule has 2 aromatic rings. The number of ether oxygens (including phenoxy) is 2. The molecule has 1 aliphatic heterocycles. The van der Waals surface area contributed by atoms with E-state index in [0.717, 1.165) is 12.0 Å². The van der Waals surface area contributed by atoms with Crippen molar-refractivity contribution in [3.63, 3.8) is 0 Å². The van der Waals surface area contributed by atoms with Crippen LogP contribution in [0.1, 0.15) is 24.0 Å². The molecule has 0 radical (unpaired) electrons. The van der Waals surface area contributed by atoms with E-state index in [0.29, 0.717) is 37.3 Å². The molecule has 1 atom stereocenters. The normalized spacial score (nSPS) is 16.6. The molecule has 34 heavy (non-hydrogen) atoms. The summed E-state index contributed by atoms with van der Waals surface area (Å²) in [5.74, 6) is -0.997. The Labute approximate surface area is 200 Å². The minimum atomic E-state index is -3.87. The number of nitrogens with zero attached hydrogens (tertiary/aromatic N) is 1. The maximum absolute atomic E-state index is 13.2. The van der Waals surface area contributed by atoms with Gasteiger partial charge in [0, 0.05) is 13.1 Å². The fourth-order valence-electron chi connectivity index (χ4n) is 3.73. The molecule has 3 rings (SSSR count). The van der Waals surface area contributed by atoms with E-state index in [1.165, 1.54) is 17.5 Å². The van der Waals surface area contributed by atoms with E-state index in [1.807, 2.05) is 30.3 Å². The van der Waals surface area contributed by atoms with Crippen LogP contribution in [0.2, 0.25) is 0 Å². The lowest BCUT2D eigenvalue weighted by molar-refractivity contribution is -0.140. The first kappa shape index (κ1) is 25.7. The van der Waals surface area contributed by atoms with Crippen LogP contribution in [-0.4, -0.2) is 64.1 Å². The molecule has 2 amide bonds. The van der Waals surface area contributed by atoms with Crippen LogP contribution in [0.15, 0.2) is 53.4 Å². The maximum atomic E-state index is 13.2. The molecule has 0 aromatic heterocycles. The SMILES string of the molecule is COc1ccc(S(=O)(=O)N2CCCO[C@@H]2CNC(=O)C(=O)NCCCc2ccccc2)cc1C. The van der Waals surface area contributed by atoms with Crippen molar-refractivity contribution in [2.24, 2.45) is 0 Å². The zero-order valence-corrected chi connectivity index (χ0v) is 20.3. The summed E-state index contributed by atoms with van der Waals surface area (Å²) in [6, 6.07) is 14.5. The average Bonchev–Trinajstić information content (AvgIpc) is 2.85. The van der Waals surface area contributed by atoms with Gasteiger partial charge in [-0.25, -0.2) is 8.42 Å². The molecule has 184 valence electrons. The Morgan fingerprint density at radius 2 is 1.85 bits per heavy atom.